The highest BCUT2D eigenvalue weighted by atomic mass is 16.6. The molecule has 5 heteroatoms. The van der Waals surface area contributed by atoms with Crippen LogP contribution in [-0.2, 0) is 9.53 Å². The Hall–Kier alpha value is -2.82. The van der Waals surface area contributed by atoms with Crippen molar-refractivity contribution in [1.82, 2.24) is 0 Å². The Labute approximate surface area is 134 Å². The average Bonchev–Trinajstić information content (AvgIpc) is 2.60. The average molecular weight is 314 g/mol. The molecule has 0 radical (unpaired) electrons. The van der Waals surface area contributed by atoms with Crippen LogP contribution in [0.2, 0.25) is 0 Å². The van der Waals surface area contributed by atoms with Crippen LogP contribution in [-0.4, -0.2) is 25.2 Å². The highest BCUT2D eigenvalue weighted by molar-refractivity contribution is 5.89. The standard InChI is InChI=1S/C18H18O5/c1-2-17(19)23-16-10-8-14(9-11-16)18(20)22-13-12-21-15-6-4-3-5-7-15/h3-11H,2,12-13H2,1H3. The second-order valence-corrected chi connectivity index (χ2v) is 4.65. The SMILES string of the molecule is CCC(=O)Oc1ccc(C(=O)OCCOc2ccccc2)cc1. The van der Waals surface area contributed by atoms with Gasteiger partial charge in [0.05, 0.1) is 5.56 Å². The van der Waals surface area contributed by atoms with Crippen molar-refractivity contribution in [1.29, 1.82) is 0 Å². The molecule has 0 saturated carbocycles. The molecule has 0 atom stereocenters. The Kier molecular flexibility index (Phi) is 6.17. The summed E-state index contributed by atoms with van der Waals surface area (Å²) in [6.07, 6.45) is 0.297. The van der Waals surface area contributed by atoms with Gasteiger partial charge in [-0.05, 0) is 36.4 Å². The van der Waals surface area contributed by atoms with Crippen LogP contribution < -0.4 is 9.47 Å². The van der Waals surface area contributed by atoms with Gasteiger partial charge in [0.15, 0.2) is 0 Å². The van der Waals surface area contributed by atoms with E-state index < -0.39 is 5.97 Å². The fourth-order valence-corrected chi connectivity index (χ4v) is 1.76. The second-order valence-electron chi connectivity index (χ2n) is 4.65. The van der Waals surface area contributed by atoms with Crippen LogP contribution >= 0.6 is 0 Å². The number of carbonyl (C=O) groups is 2. The fraction of sp³-hybridized carbons (Fsp3) is 0.222. The minimum atomic E-state index is -0.449. The summed E-state index contributed by atoms with van der Waals surface area (Å²) >= 11 is 0. The van der Waals surface area contributed by atoms with Gasteiger partial charge in [-0.1, -0.05) is 25.1 Å². The molecule has 0 fully saturated rings. The van der Waals surface area contributed by atoms with Gasteiger partial charge in [0.2, 0.25) is 0 Å². The van der Waals surface area contributed by atoms with Crippen molar-refractivity contribution in [3.8, 4) is 11.5 Å². The maximum absolute atomic E-state index is 11.9. The molecule has 2 aromatic rings. The number of hydrogen-bond acceptors (Lipinski definition) is 5. The summed E-state index contributed by atoms with van der Waals surface area (Å²) < 4.78 is 15.6. The number of para-hydroxylation sites is 1. The molecule has 2 rings (SSSR count). The van der Waals surface area contributed by atoms with Crippen LogP contribution in [0.5, 0.6) is 11.5 Å². The van der Waals surface area contributed by atoms with E-state index in [1.807, 2.05) is 30.3 Å². The van der Waals surface area contributed by atoms with E-state index in [9.17, 15) is 9.59 Å². The molecule has 0 bridgehead atoms. The highest BCUT2D eigenvalue weighted by Gasteiger charge is 2.08. The molecule has 120 valence electrons. The topological polar surface area (TPSA) is 61.8 Å². The summed E-state index contributed by atoms with van der Waals surface area (Å²) in [6, 6.07) is 15.5. The summed E-state index contributed by atoms with van der Waals surface area (Å²) in [6.45, 7) is 2.15. The summed E-state index contributed by atoms with van der Waals surface area (Å²) in [4.78, 5) is 23.0. The Bertz CT molecular complexity index is 634. The first-order valence-corrected chi connectivity index (χ1v) is 7.34. The van der Waals surface area contributed by atoms with Gasteiger partial charge in [-0.25, -0.2) is 4.79 Å². The summed E-state index contributed by atoms with van der Waals surface area (Å²) in [5.74, 6) is 0.361. The van der Waals surface area contributed by atoms with Crippen LogP contribution in [0, 0.1) is 0 Å². The Morgan fingerprint density at radius 1 is 0.870 bits per heavy atom. The first-order valence-electron chi connectivity index (χ1n) is 7.34. The summed E-state index contributed by atoms with van der Waals surface area (Å²) in [7, 11) is 0. The number of ether oxygens (including phenoxy) is 3. The molecule has 5 nitrogen and oxygen atoms in total. The Morgan fingerprint density at radius 3 is 2.22 bits per heavy atom. The lowest BCUT2D eigenvalue weighted by Crippen LogP contribution is -2.12. The molecule has 0 N–H and O–H groups in total. The highest BCUT2D eigenvalue weighted by Crippen LogP contribution is 2.14. The van der Waals surface area contributed by atoms with Crippen molar-refractivity contribution in [2.75, 3.05) is 13.2 Å². The van der Waals surface area contributed by atoms with Crippen molar-refractivity contribution in [2.45, 2.75) is 13.3 Å². The van der Waals surface area contributed by atoms with E-state index in [2.05, 4.69) is 0 Å². The van der Waals surface area contributed by atoms with Crippen LogP contribution in [0.25, 0.3) is 0 Å². The predicted molar refractivity (Wildman–Crippen MR) is 84.6 cm³/mol. The second kappa shape index (κ2) is 8.58. The third kappa shape index (κ3) is 5.47. The zero-order valence-electron chi connectivity index (χ0n) is 12.9. The Morgan fingerprint density at radius 2 is 1.57 bits per heavy atom. The van der Waals surface area contributed by atoms with E-state index in [0.29, 0.717) is 17.7 Å². The van der Waals surface area contributed by atoms with Crippen LogP contribution in [0.15, 0.2) is 54.6 Å². The van der Waals surface area contributed by atoms with Gasteiger partial charge in [-0.2, -0.15) is 0 Å². The molecule has 2 aromatic carbocycles. The molecule has 0 spiro atoms. The first kappa shape index (κ1) is 16.5. The zero-order chi connectivity index (χ0) is 16.5. The maximum atomic E-state index is 11.9. The number of esters is 2. The van der Waals surface area contributed by atoms with Crippen LogP contribution in [0.4, 0.5) is 0 Å². The largest absolute Gasteiger partial charge is 0.490 e. The minimum Gasteiger partial charge on any atom is -0.490 e. The van der Waals surface area contributed by atoms with Gasteiger partial charge in [-0.3, -0.25) is 4.79 Å². The molecule has 0 amide bonds. The number of rotatable bonds is 7. The maximum Gasteiger partial charge on any atom is 0.338 e. The quantitative estimate of drug-likeness (QED) is 0.446. The van der Waals surface area contributed by atoms with E-state index in [1.165, 1.54) is 0 Å². The van der Waals surface area contributed by atoms with E-state index in [-0.39, 0.29) is 19.2 Å². The van der Waals surface area contributed by atoms with Gasteiger partial charge >= 0.3 is 11.9 Å². The third-order valence-corrected chi connectivity index (χ3v) is 2.94. The molecule has 23 heavy (non-hydrogen) atoms. The van der Waals surface area contributed by atoms with E-state index >= 15 is 0 Å². The molecule has 0 saturated heterocycles. The predicted octanol–water partition coefficient (Wildman–Crippen LogP) is 3.24. The Balaban J connectivity index is 1.76. The van der Waals surface area contributed by atoms with Crippen LogP contribution in [0.1, 0.15) is 23.7 Å². The summed E-state index contributed by atoms with van der Waals surface area (Å²) in [5.41, 5.74) is 0.390. The van der Waals surface area contributed by atoms with Gasteiger partial charge < -0.3 is 14.2 Å². The van der Waals surface area contributed by atoms with Gasteiger partial charge in [-0.15, -0.1) is 0 Å². The van der Waals surface area contributed by atoms with E-state index in [0.717, 1.165) is 5.75 Å². The van der Waals surface area contributed by atoms with Gasteiger partial charge in [0.1, 0.15) is 24.7 Å². The molecule has 0 heterocycles. The number of benzene rings is 2. The first-order chi connectivity index (χ1) is 11.2. The minimum absolute atomic E-state index is 0.153. The van der Waals surface area contributed by atoms with Crippen molar-refractivity contribution < 1.29 is 23.8 Å². The van der Waals surface area contributed by atoms with Crippen molar-refractivity contribution in [3.63, 3.8) is 0 Å². The molecule has 0 aliphatic carbocycles. The third-order valence-electron chi connectivity index (χ3n) is 2.94. The smallest absolute Gasteiger partial charge is 0.338 e. The molecule has 0 aliphatic rings. The monoisotopic (exact) mass is 314 g/mol. The molecular weight excluding hydrogens is 296 g/mol. The van der Waals surface area contributed by atoms with E-state index in [4.69, 9.17) is 14.2 Å². The van der Waals surface area contributed by atoms with Crippen molar-refractivity contribution >= 4 is 11.9 Å². The number of hydrogen-bond donors (Lipinski definition) is 0. The lowest BCUT2D eigenvalue weighted by molar-refractivity contribution is -0.134. The molecule has 0 aliphatic heterocycles. The molecule has 0 unspecified atom stereocenters. The molecule has 0 aromatic heterocycles. The molecular formula is C18H18O5. The summed E-state index contributed by atoms with van der Waals surface area (Å²) in [5, 5.41) is 0. The fourth-order valence-electron chi connectivity index (χ4n) is 1.76. The van der Waals surface area contributed by atoms with Crippen molar-refractivity contribution in [2.24, 2.45) is 0 Å². The number of carbonyl (C=O) groups excluding carboxylic acids is 2. The normalized spacial score (nSPS) is 9.96. The van der Waals surface area contributed by atoms with E-state index in [1.54, 1.807) is 31.2 Å². The lowest BCUT2D eigenvalue weighted by atomic mass is 10.2. The van der Waals surface area contributed by atoms with Crippen molar-refractivity contribution in [3.05, 3.63) is 60.2 Å². The van der Waals surface area contributed by atoms with Gasteiger partial charge in [0, 0.05) is 6.42 Å². The van der Waals surface area contributed by atoms with Crippen LogP contribution in [0.3, 0.4) is 0 Å². The lowest BCUT2D eigenvalue weighted by Gasteiger charge is -2.08. The zero-order valence-corrected chi connectivity index (χ0v) is 12.9. The van der Waals surface area contributed by atoms with Gasteiger partial charge in [0.25, 0.3) is 0 Å².